The number of nitrogens with zero attached hydrogens (tertiary/aromatic N) is 2. The standard InChI is InChI=1S/C20H23N3O2/c1-3-14-18-15-11-13(23-9-5-6-10-23)7-8-16(15)22-17(18)12-21-19(14)20(24)25-4-2/h7-8,11-12,22H,3-6,9-10H2,1-2H3. The Hall–Kier alpha value is -2.56. The van der Waals surface area contributed by atoms with Gasteiger partial charge in [-0.3, -0.25) is 0 Å². The van der Waals surface area contributed by atoms with Gasteiger partial charge in [-0.1, -0.05) is 6.92 Å². The minimum Gasteiger partial charge on any atom is -0.461 e. The molecule has 0 saturated carbocycles. The van der Waals surface area contributed by atoms with Gasteiger partial charge in [0.2, 0.25) is 0 Å². The second kappa shape index (κ2) is 6.39. The van der Waals surface area contributed by atoms with Gasteiger partial charge in [-0.15, -0.1) is 0 Å². The van der Waals surface area contributed by atoms with Crippen LogP contribution < -0.4 is 4.90 Å². The van der Waals surface area contributed by atoms with E-state index in [1.807, 2.05) is 6.92 Å². The summed E-state index contributed by atoms with van der Waals surface area (Å²) in [6.07, 6.45) is 4.99. The lowest BCUT2D eigenvalue weighted by Crippen LogP contribution is -2.17. The van der Waals surface area contributed by atoms with Gasteiger partial charge in [0.25, 0.3) is 0 Å². The molecule has 0 amide bonds. The molecule has 3 heterocycles. The minimum absolute atomic E-state index is 0.341. The third kappa shape index (κ3) is 2.64. The Balaban J connectivity index is 1.93. The Morgan fingerprint density at radius 2 is 2.04 bits per heavy atom. The molecule has 1 saturated heterocycles. The number of pyridine rings is 1. The number of carbonyl (C=O) groups excluding carboxylic acids is 1. The molecule has 0 radical (unpaired) electrons. The van der Waals surface area contributed by atoms with E-state index in [0.717, 1.165) is 46.9 Å². The van der Waals surface area contributed by atoms with Gasteiger partial charge in [-0.05, 0) is 49.9 Å². The van der Waals surface area contributed by atoms with Gasteiger partial charge in [-0.2, -0.15) is 0 Å². The number of H-pyrrole nitrogens is 1. The van der Waals surface area contributed by atoms with Crippen LogP contribution in [0.4, 0.5) is 5.69 Å². The first-order chi connectivity index (χ1) is 12.2. The summed E-state index contributed by atoms with van der Waals surface area (Å²) in [6.45, 7) is 6.46. The highest BCUT2D eigenvalue weighted by Crippen LogP contribution is 2.33. The highest BCUT2D eigenvalue weighted by molar-refractivity contribution is 6.11. The third-order valence-corrected chi connectivity index (χ3v) is 5.02. The molecule has 130 valence electrons. The predicted molar refractivity (Wildman–Crippen MR) is 100 cm³/mol. The average molecular weight is 337 g/mol. The summed E-state index contributed by atoms with van der Waals surface area (Å²) in [5, 5.41) is 2.25. The van der Waals surface area contributed by atoms with Crippen molar-refractivity contribution < 1.29 is 9.53 Å². The fourth-order valence-corrected chi connectivity index (χ4v) is 3.84. The number of fused-ring (bicyclic) bond motifs is 3. The number of aromatic amines is 1. The number of ether oxygens (including phenoxy) is 1. The van der Waals surface area contributed by atoms with Crippen LogP contribution in [0.1, 0.15) is 42.7 Å². The number of esters is 1. The van der Waals surface area contributed by atoms with E-state index >= 15 is 0 Å². The first kappa shape index (κ1) is 15.9. The molecule has 0 aliphatic carbocycles. The summed E-state index contributed by atoms with van der Waals surface area (Å²) in [7, 11) is 0. The average Bonchev–Trinajstić information content (AvgIpc) is 3.28. The number of aryl methyl sites for hydroxylation is 1. The van der Waals surface area contributed by atoms with E-state index in [0.29, 0.717) is 12.3 Å². The Morgan fingerprint density at radius 1 is 1.24 bits per heavy atom. The maximum atomic E-state index is 12.3. The zero-order valence-electron chi connectivity index (χ0n) is 14.8. The van der Waals surface area contributed by atoms with E-state index in [4.69, 9.17) is 4.74 Å². The van der Waals surface area contributed by atoms with Crippen molar-refractivity contribution in [2.45, 2.75) is 33.1 Å². The lowest BCUT2D eigenvalue weighted by molar-refractivity contribution is 0.0518. The topological polar surface area (TPSA) is 58.2 Å². The molecule has 0 spiro atoms. The van der Waals surface area contributed by atoms with Crippen LogP contribution in [0.2, 0.25) is 0 Å². The molecule has 0 atom stereocenters. The summed E-state index contributed by atoms with van der Waals surface area (Å²) in [4.78, 5) is 22.5. The fraction of sp³-hybridized carbons (Fsp3) is 0.400. The Labute approximate surface area is 147 Å². The third-order valence-electron chi connectivity index (χ3n) is 5.02. The van der Waals surface area contributed by atoms with Gasteiger partial charge in [0.05, 0.1) is 18.3 Å². The maximum absolute atomic E-state index is 12.3. The molecular weight excluding hydrogens is 314 g/mol. The Morgan fingerprint density at radius 3 is 2.76 bits per heavy atom. The molecule has 25 heavy (non-hydrogen) atoms. The van der Waals surface area contributed by atoms with Crippen molar-refractivity contribution in [2.24, 2.45) is 0 Å². The van der Waals surface area contributed by atoms with Crippen LogP contribution in [0.5, 0.6) is 0 Å². The molecule has 3 aromatic rings. The summed E-state index contributed by atoms with van der Waals surface area (Å²) in [6, 6.07) is 6.55. The summed E-state index contributed by atoms with van der Waals surface area (Å²) < 4.78 is 5.19. The molecule has 0 bridgehead atoms. The number of benzene rings is 1. The van der Waals surface area contributed by atoms with Crippen LogP contribution in [0, 0.1) is 0 Å². The van der Waals surface area contributed by atoms with Crippen LogP contribution in [0.3, 0.4) is 0 Å². The number of carbonyl (C=O) groups is 1. The van der Waals surface area contributed by atoms with Crippen molar-refractivity contribution in [3.8, 4) is 0 Å². The van der Waals surface area contributed by atoms with Gasteiger partial charge in [-0.25, -0.2) is 9.78 Å². The molecule has 5 heteroatoms. The molecule has 2 aromatic heterocycles. The van der Waals surface area contributed by atoms with Crippen molar-refractivity contribution in [3.63, 3.8) is 0 Å². The van der Waals surface area contributed by atoms with Crippen molar-refractivity contribution in [3.05, 3.63) is 35.7 Å². The zero-order valence-corrected chi connectivity index (χ0v) is 14.8. The Kier molecular flexibility index (Phi) is 4.07. The smallest absolute Gasteiger partial charge is 0.357 e. The highest BCUT2D eigenvalue weighted by atomic mass is 16.5. The van der Waals surface area contributed by atoms with E-state index < -0.39 is 0 Å². The van der Waals surface area contributed by atoms with E-state index in [1.165, 1.54) is 18.5 Å². The number of rotatable bonds is 4. The van der Waals surface area contributed by atoms with Gasteiger partial charge in [0, 0.05) is 35.1 Å². The van der Waals surface area contributed by atoms with E-state index in [-0.39, 0.29) is 5.97 Å². The van der Waals surface area contributed by atoms with Crippen LogP contribution in [-0.4, -0.2) is 35.6 Å². The largest absolute Gasteiger partial charge is 0.461 e. The summed E-state index contributed by atoms with van der Waals surface area (Å²) in [5.41, 5.74) is 4.70. The van der Waals surface area contributed by atoms with E-state index in [9.17, 15) is 4.79 Å². The van der Waals surface area contributed by atoms with Gasteiger partial charge >= 0.3 is 5.97 Å². The summed E-state index contributed by atoms with van der Waals surface area (Å²) >= 11 is 0. The van der Waals surface area contributed by atoms with Crippen molar-refractivity contribution >= 4 is 33.5 Å². The molecule has 1 fully saturated rings. The molecule has 4 rings (SSSR count). The van der Waals surface area contributed by atoms with E-state index in [2.05, 4.69) is 40.0 Å². The van der Waals surface area contributed by atoms with Crippen molar-refractivity contribution in [1.29, 1.82) is 0 Å². The molecule has 1 aliphatic rings. The second-order valence-electron chi connectivity index (χ2n) is 6.50. The normalized spacial score (nSPS) is 14.6. The molecule has 5 nitrogen and oxygen atoms in total. The molecular formula is C20H23N3O2. The van der Waals surface area contributed by atoms with Crippen LogP contribution in [0.15, 0.2) is 24.4 Å². The number of hydrogen-bond acceptors (Lipinski definition) is 4. The van der Waals surface area contributed by atoms with Crippen LogP contribution in [0.25, 0.3) is 21.8 Å². The van der Waals surface area contributed by atoms with Crippen LogP contribution in [-0.2, 0) is 11.2 Å². The van der Waals surface area contributed by atoms with Crippen molar-refractivity contribution in [1.82, 2.24) is 9.97 Å². The van der Waals surface area contributed by atoms with Crippen molar-refractivity contribution in [2.75, 3.05) is 24.6 Å². The number of hydrogen-bond donors (Lipinski definition) is 1. The monoisotopic (exact) mass is 337 g/mol. The van der Waals surface area contributed by atoms with Crippen LogP contribution >= 0.6 is 0 Å². The Bertz CT molecular complexity index is 939. The van der Waals surface area contributed by atoms with E-state index in [1.54, 1.807) is 6.20 Å². The lowest BCUT2D eigenvalue weighted by Gasteiger charge is -2.17. The number of anilines is 1. The second-order valence-corrected chi connectivity index (χ2v) is 6.50. The molecule has 1 aromatic carbocycles. The molecule has 1 aliphatic heterocycles. The highest BCUT2D eigenvalue weighted by Gasteiger charge is 2.20. The lowest BCUT2D eigenvalue weighted by atomic mass is 10.0. The quantitative estimate of drug-likeness (QED) is 0.730. The maximum Gasteiger partial charge on any atom is 0.357 e. The molecule has 1 N–H and O–H groups in total. The first-order valence-corrected chi connectivity index (χ1v) is 9.08. The number of nitrogens with one attached hydrogen (secondary N) is 1. The minimum atomic E-state index is -0.341. The van der Waals surface area contributed by atoms with Gasteiger partial charge in [0.1, 0.15) is 0 Å². The SMILES string of the molecule is CCOC(=O)c1ncc2[nH]c3ccc(N4CCCC4)cc3c2c1CC. The van der Waals surface area contributed by atoms with Gasteiger partial charge < -0.3 is 14.6 Å². The van der Waals surface area contributed by atoms with Gasteiger partial charge in [0.15, 0.2) is 5.69 Å². The zero-order chi connectivity index (χ0) is 17.4. The first-order valence-electron chi connectivity index (χ1n) is 9.08. The predicted octanol–water partition coefficient (Wildman–Crippen LogP) is 4.06. The number of aromatic nitrogens is 2. The fourth-order valence-electron chi connectivity index (χ4n) is 3.84. The molecule has 0 unspecified atom stereocenters. The summed E-state index contributed by atoms with van der Waals surface area (Å²) in [5.74, 6) is -0.341.